The number of hydrogen-bond acceptors (Lipinski definition) is 1. The van der Waals surface area contributed by atoms with Crippen LogP contribution in [-0.4, -0.2) is 11.5 Å². The van der Waals surface area contributed by atoms with Crippen LogP contribution < -0.4 is 0 Å². The fourth-order valence-corrected chi connectivity index (χ4v) is 5.11. The highest BCUT2D eigenvalue weighted by molar-refractivity contribution is 7.99. The molecule has 0 N–H and O–H groups in total. The molecule has 1 aliphatic heterocycles. The second-order valence-corrected chi connectivity index (χ2v) is 5.27. The molecule has 1 saturated heterocycles. The van der Waals surface area contributed by atoms with E-state index in [4.69, 9.17) is 0 Å². The maximum absolute atomic E-state index is 2.21. The van der Waals surface area contributed by atoms with E-state index in [-0.39, 0.29) is 0 Å². The zero-order chi connectivity index (χ0) is 6.55. The van der Waals surface area contributed by atoms with Gasteiger partial charge in [-0.1, -0.05) is 0 Å². The molecule has 10 heavy (non-hydrogen) atoms. The largest absolute Gasteiger partial charge is 0.161 e. The van der Waals surface area contributed by atoms with Gasteiger partial charge in [0.2, 0.25) is 0 Å². The quantitative estimate of drug-likeness (QED) is 0.516. The molecular weight excluding hydrogens is 140 g/mol. The summed E-state index contributed by atoms with van der Waals surface area (Å²) in [6.07, 6.45) is 4.76. The van der Waals surface area contributed by atoms with Gasteiger partial charge in [-0.3, -0.25) is 0 Å². The van der Waals surface area contributed by atoms with Crippen LogP contribution in [0.25, 0.3) is 0 Å². The molecule has 56 valence electrons. The first-order valence-corrected chi connectivity index (χ1v) is 5.68. The fraction of sp³-hybridized carbons (Fsp3) is 1.00. The molecule has 3 unspecified atom stereocenters. The van der Waals surface area contributed by atoms with E-state index in [1.165, 1.54) is 35.2 Å². The molecule has 0 spiro atoms. The van der Waals surface area contributed by atoms with E-state index in [0.717, 1.165) is 0 Å². The Kier molecular flexibility index (Phi) is 1.15. The Labute approximate surface area is 66.8 Å². The normalized spacial score (nSPS) is 57.6. The van der Waals surface area contributed by atoms with Crippen molar-refractivity contribution < 1.29 is 0 Å². The number of hydrogen-bond donors (Lipinski definition) is 0. The second kappa shape index (κ2) is 1.94. The van der Waals surface area contributed by atoms with Gasteiger partial charge in [-0.2, -0.15) is 11.8 Å². The van der Waals surface area contributed by atoms with Crippen molar-refractivity contribution in [3.05, 3.63) is 0 Å². The van der Waals surface area contributed by atoms with Crippen LogP contribution in [-0.2, 0) is 0 Å². The Morgan fingerprint density at radius 3 is 2.10 bits per heavy atom. The Morgan fingerprint density at radius 1 is 0.900 bits per heavy atom. The molecule has 2 aliphatic carbocycles. The minimum atomic E-state index is 1.17. The Balaban J connectivity index is 1.92. The van der Waals surface area contributed by atoms with Gasteiger partial charge in [0.1, 0.15) is 0 Å². The van der Waals surface area contributed by atoms with Crippen LogP contribution in [0.3, 0.4) is 0 Å². The molecule has 0 radical (unpaired) electrons. The number of thioether (sulfide) groups is 1. The highest BCUT2D eigenvalue weighted by Crippen LogP contribution is 2.57. The molecule has 0 aromatic rings. The van der Waals surface area contributed by atoms with E-state index >= 15 is 0 Å². The van der Waals surface area contributed by atoms with E-state index in [1.807, 2.05) is 0 Å². The van der Waals surface area contributed by atoms with E-state index < -0.39 is 0 Å². The minimum Gasteiger partial charge on any atom is -0.161 e. The van der Waals surface area contributed by atoms with Gasteiger partial charge in [-0.05, 0) is 54.4 Å². The van der Waals surface area contributed by atoms with Crippen molar-refractivity contribution in [2.45, 2.75) is 19.3 Å². The first-order chi connectivity index (χ1) is 4.95. The van der Waals surface area contributed by atoms with Gasteiger partial charge >= 0.3 is 0 Å². The standard InChI is InChI=1S/C9H14S/c1-2-7-3-6(1)8-4-10-5-9(7)8/h6-9H,1-5H2/t6?,7?,8-,9?/m1/s1. The van der Waals surface area contributed by atoms with Crippen molar-refractivity contribution in [2.24, 2.45) is 23.7 Å². The smallest absolute Gasteiger partial charge is 0.00333 e. The molecule has 2 bridgehead atoms. The third-order valence-electron chi connectivity index (χ3n) is 3.90. The van der Waals surface area contributed by atoms with Gasteiger partial charge in [-0.15, -0.1) is 0 Å². The summed E-state index contributed by atoms with van der Waals surface area (Å²) in [4.78, 5) is 0. The lowest BCUT2D eigenvalue weighted by Gasteiger charge is -2.22. The fourth-order valence-electron chi connectivity index (χ4n) is 3.39. The maximum atomic E-state index is 2.21. The monoisotopic (exact) mass is 154 g/mol. The molecule has 1 heterocycles. The van der Waals surface area contributed by atoms with E-state index in [1.54, 1.807) is 19.3 Å². The van der Waals surface area contributed by atoms with Gasteiger partial charge in [-0.25, -0.2) is 0 Å². The molecule has 0 aromatic heterocycles. The maximum Gasteiger partial charge on any atom is -0.00333 e. The summed E-state index contributed by atoms with van der Waals surface area (Å²) < 4.78 is 0. The predicted molar refractivity (Wildman–Crippen MR) is 45.1 cm³/mol. The summed E-state index contributed by atoms with van der Waals surface area (Å²) in [6, 6.07) is 0. The van der Waals surface area contributed by atoms with E-state index in [0.29, 0.717) is 0 Å². The van der Waals surface area contributed by atoms with Gasteiger partial charge in [0.15, 0.2) is 0 Å². The summed E-state index contributed by atoms with van der Waals surface area (Å²) >= 11 is 2.21. The molecule has 1 heteroatoms. The molecular formula is C9H14S. The van der Waals surface area contributed by atoms with Crippen LogP contribution in [0.1, 0.15) is 19.3 Å². The molecule has 3 aliphatic rings. The Bertz CT molecular complexity index is 139. The van der Waals surface area contributed by atoms with Crippen LogP contribution in [0.15, 0.2) is 0 Å². The van der Waals surface area contributed by atoms with Gasteiger partial charge in [0.25, 0.3) is 0 Å². The molecule has 0 aromatic carbocycles. The predicted octanol–water partition coefficient (Wildman–Crippen LogP) is 2.40. The van der Waals surface area contributed by atoms with Gasteiger partial charge in [0, 0.05) is 0 Å². The van der Waals surface area contributed by atoms with Crippen molar-refractivity contribution in [1.82, 2.24) is 0 Å². The van der Waals surface area contributed by atoms with Crippen LogP contribution in [0, 0.1) is 23.7 Å². The van der Waals surface area contributed by atoms with Crippen molar-refractivity contribution in [3.8, 4) is 0 Å². The molecule has 3 rings (SSSR count). The highest BCUT2D eigenvalue weighted by atomic mass is 32.2. The zero-order valence-corrected chi connectivity index (χ0v) is 7.07. The lowest BCUT2D eigenvalue weighted by Crippen LogP contribution is -2.19. The Hall–Kier alpha value is 0.350. The van der Waals surface area contributed by atoms with E-state index in [2.05, 4.69) is 11.8 Å². The van der Waals surface area contributed by atoms with Gasteiger partial charge in [0.05, 0.1) is 0 Å². The van der Waals surface area contributed by atoms with Crippen molar-refractivity contribution in [2.75, 3.05) is 11.5 Å². The second-order valence-electron chi connectivity index (χ2n) is 4.20. The number of fused-ring (bicyclic) bond motifs is 5. The molecule has 2 saturated carbocycles. The SMILES string of the molecule is C1CC2CC1C1CSC[C@H]21. The average molecular weight is 154 g/mol. The molecule has 0 amide bonds. The van der Waals surface area contributed by atoms with Gasteiger partial charge < -0.3 is 0 Å². The highest BCUT2D eigenvalue weighted by Gasteiger charge is 2.49. The molecule has 3 fully saturated rings. The summed E-state index contributed by atoms with van der Waals surface area (Å²) in [5.41, 5.74) is 0. The first kappa shape index (κ1) is 5.93. The first-order valence-electron chi connectivity index (χ1n) is 4.53. The van der Waals surface area contributed by atoms with Crippen molar-refractivity contribution in [1.29, 1.82) is 0 Å². The van der Waals surface area contributed by atoms with Crippen LogP contribution >= 0.6 is 11.8 Å². The zero-order valence-electron chi connectivity index (χ0n) is 6.25. The summed E-state index contributed by atoms with van der Waals surface area (Å²) in [5.74, 6) is 7.69. The van der Waals surface area contributed by atoms with Crippen LogP contribution in [0.5, 0.6) is 0 Å². The third-order valence-corrected chi connectivity index (χ3v) is 5.14. The van der Waals surface area contributed by atoms with Crippen molar-refractivity contribution >= 4 is 11.8 Å². The van der Waals surface area contributed by atoms with Crippen LogP contribution in [0.4, 0.5) is 0 Å². The lowest BCUT2D eigenvalue weighted by atomic mass is 9.82. The lowest BCUT2D eigenvalue weighted by molar-refractivity contribution is 0.281. The Morgan fingerprint density at radius 2 is 1.50 bits per heavy atom. The minimum absolute atomic E-state index is 1.17. The van der Waals surface area contributed by atoms with E-state index in [9.17, 15) is 0 Å². The molecule has 0 nitrogen and oxygen atoms in total. The average Bonchev–Trinajstić information content (AvgIpc) is 2.60. The summed E-state index contributed by atoms with van der Waals surface area (Å²) in [6.45, 7) is 0. The summed E-state index contributed by atoms with van der Waals surface area (Å²) in [7, 11) is 0. The summed E-state index contributed by atoms with van der Waals surface area (Å²) in [5, 5.41) is 0. The van der Waals surface area contributed by atoms with Crippen LogP contribution in [0.2, 0.25) is 0 Å². The number of rotatable bonds is 0. The topological polar surface area (TPSA) is 0 Å². The molecule has 4 atom stereocenters. The third kappa shape index (κ3) is 0.603. The van der Waals surface area contributed by atoms with Crippen molar-refractivity contribution in [3.63, 3.8) is 0 Å².